The molecule has 0 saturated carbocycles. The summed E-state index contributed by atoms with van der Waals surface area (Å²) in [6.45, 7) is 0. The van der Waals surface area contributed by atoms with Crippen molar-refractivity contribution < 1.29 is 0 Å². The van der Waals surface area contributed by atoms with Gasteiger partial charge in [-0.3, -0.25) is 4.40 Å². The number of imidazole rings is 1. The van der Waals surface area contributed by atoms with Gasteiger partial charge in [0.15, 0.2) is 5.82 Å². The lowest BCUT2D eigenvalue weighted by Crippen LogP contribution is -1.96. The number of pyridine rings is 2. The molecule has 4 aromatic heterocycles. The van der Waals surface area contributed by atoms with Gasteiger partial charge in [0.25, 0.3) is 0 Å². The Labute approximate surface area is 236 Å². The summed E-state index contributed by atoms with van der Waals surface area (Å²) in [4.78, 5) is 19.9. The number of hydrogen-bond donors (Lipinski definition) is 0. The van der Waals surface area contributed by atoms with Crippen LogP contribution in [0.3, 0.4) is 0 Å². The molecule has 0 aliphatic rings. The van der Waals surface area contributed by atoms with Crippen LogP contribution in [0.2, 0.25) is 0 Å². The van der Waals surface area contributed by atoms with Crippen LogP contribution in [0.1, 0.15) is 0 Å². The van der Waals surface area contributed by atoms with E-state index in [1.165, 1.54) is 0 Å². The van der Waals surface area contributed by atoms with Crippen molar-refractivity contribution in [2.75, 3.05) is 0 Å². The lowest BCUT2D eigenvalue weighted by molar-refractivity contribution is 1.17. The van der Waals surface area contributed by atoms with Gasteiger partial charge < -0.3 is 0 Å². The topological polar surface area (TPSA) is 56.0 Å². The quantitative estimate of drug-likeness (QED) is 0.231. The summed E-state index contributed by atoms with van der Waals surface area (Å²) in [7, 11) is 0. The molecule has 0 saturated heterocycles. The zero-order valence-corrected chi connectivity index (χ0v) is 22.0. The van der Waals surface area contributed by atoms with E-state index in [1.807, 2.05) is 66.9 Å². The first-order chi connectivity index (χ1) is 20.3. The average Bonchev–Trinajstić information content (AvgIpc) is 3.45. The van der Waals surface area contributed by atoms with E-state index in [9.17, 15) is 0 Å². The number of hydrogen-bond acceptors (Lipinski definition) is 4. The molecule has 0 bridgehead atoms. The maximum Gasteiger partial charge on any atom is 0.160 e. The van der Waals surface area contributed by atoms with E-state index >= 15 is 0 Å². The second-order valence-electron chi connectivity index (χ2n) is 9.98. The van der Waals surface area contributed by atoms with Gasteiger partial charge in [-0.05, 0) is 30.3 Å². The Morgan fingerprint density at radius 2 is 1.15 bits per heavy atom. The summed E-state index contributed by atoms with van der Waals surface area (Å²) < 4.78 is 2.16. The highest BCUT2D eigenvalue weighted by Crippen LogP contribution is 2.34. The maximum atomic E-state index is 5.17. The SMILES string of the molecule is c1ccc(-c2nc(-c3ccc(-c4nc(-c5ccccc5)c5ccc6cccnc6n45)cc3)nc3ccccc23)cc1. The molecule has 0 N–H and O–H groups in total. The molecule has 8 rings (SSSR count). The first-order valence-corrected chi connectivity index (χ1v) is 13.6. The number of nitrogens with zero attached hydrogens (tertiary/aromatic N) is 5. The van der Waals surface area contributed by atoms with Crippen molar-refractivity contribution in [3.63, 3.8) is 0 Å². The largest absolute Gasteiger partial charge is 0.276 e. The van der Waals surface area contributed by atoms with Crippen LogP contribution in [0.5, 0.6) is 0 Å². The molecule has 0 radical (unpaired) electrons. The van der Waals surface area contributed by atoms with Crippen LogP contribution in [0.15, 0.2) is 140 Å². The van der Waals surface area contributed by atoms with Gasteiger partial charge in [-0.25, -0.2) is 19.9 Å². The zero-order chi connectivity index (χ0) is 27.2. The number of aromatic nitrogens is 5. The molecule has 41 heavy (non-hydrogen) atoms. The van der Waals surface area contributed by atoms with E-state index in [1.54, 1.807) is 0 Å². The Morgan fingerprint density at radius 1 is 0.463 bits per heavy atom. The van der Waals surface area contributed by atoms with E-state index in [4.69, 9.17) is 19.9 Å². The molecule has 0 unspecified atom stereocenters. The third-order valence-corrected chi connectivity index (χ3v) is 7.46. The van der Waals surface area contributed by atoms with Gasteiger partial charge >= 0.3 is 0 Å². The van der Waals surface area contributed by atoms with E-state index in [-0.39, 0.29) is 0 Å². The molecule has 0 spiro atoms. The van der Waals surface area contributed by atoms with Gasteiger partial charge in [0.1, 0.15) is 11.5 Å². The van der Waals surface area contributed by atoms with Crippen molar-refractivity contribution in [2.45, 2.75) is 0 Å². The van der Waals surface area contributed by atoms with Crippen molar-refractivity contribution in [2.24, 2.45) is 0 Å². The molecule has 4 aromatic carbocycles. The number of para-hydroxylation sites is 1. The summed E-state index contributed by atoms with van der Waals surface area (Å²) in [5.41, 5.74) is 8.77. The molecule has 5 nitrogen and oxygen atoms in total. The van der Waals surface area contributed by atoms with Crippen LogP contribution in [0, 0.1) is 0 Å². The fourth-order valence-electron chi connectivity index (χ4n) is 5.49. The smallest absolute Gasteiger partial charge is 0.160 e. The molecule has 0 amide bonds. The van der Waals surface area contributed by atoms with Gasteiger partial charge in [0.05, 0.1) is 22.4 Å². The minimum atomic E-state index is 0.694. The third-order valence-electron chi connectivity index (χ3n) is 7.46. The molecule has 0 aliphatic heterocycles. The van der Waals surface area contributed by atoms with Crippen molar-refractivity contribution in [1.82, 2.24) is 24.3 Å². The summed E-state index contributed by atoms with van der Waals surface area (Å²) >= 11 is 0. The Bertz CT molecular complexity index is 2180. The van der Waals surface area contributed by atoms with Gasteiger partial charge in [0, 0.05) is 39.2 Å². The van der Waals surface area contributed by atoms with Crippen LogP contribution >= 0.6 is 0 Å². The zero-order valence-electron chi connectivity index (χ0n) is 22.0. The summed E-state index contributed by atoms with van der Waals surface area (Å²) in [6.07, 6.45) is 1.83. The molecule has 5 heteroatoms. The molecule has 8 aromatic rings. The van der Waals surface area contributed by atoms with Gasteiger partial charge in [-0.1, -0.05) is 103 Å². The number of rotatable bonds is 4. The van der Waals surface area contributed by atoms with Crippen LogP contribution in [0.4, 0.5) is 0 Å². The van der Waals surface area contributed by atoms with Crippen molar-refractivity contribution >= 4 is 27.5 Å². The maximum absolute atomic E-state index is 5.17. The first-order valence-electron chi connectivity index (χ1n) is 13.6. The van der Waals surface area contributed by atoms with Crippen LogP contribution in [0.25, 0.3) is 72.7 Å². The van der Waals surface area contributed by atoms with E-state index in [0.29, 0.717) is 5.82 Å². The third kappa shape index (κ3) is 3.95. The second-order valence-corrected chi connectivity index (χ2v) is 9.98. The Morgan fingerprint density at radius 3 is 1.93 bits per heavy atom. The molecule has 0 aliphatic carbocycles. The van der Waals surface area contributed by atoms with Crippen LogP contribution in [-0.4, -0.2) is 24.3 Å². The highest BCUT2D eigenvalue weighted by molar-refractivity contribution is 5.94. The van der Waals surface area contributed by atoms with E-state index < -0.39 is 0 Å². The monoisotopic (exact) mass is 525 g/mol. The fourth-order valence-corrected chi connectivity index (χ4v) is 5.49. The molecule has 0 atom stereocenters. The molecule has 4 heterocycles. The Hall–Kier alpha value is -5.68. The van der Waals surface area contributed by atoms with Crippen LogP contribution < -0.4 is 0 Å². The summed E-state index contributed by atoms with van der Waals surface area (Å²) in [5.74, 6) is 1.54. The standard InChI is InChI=1S/C36H23N5/c1-3-10-24(11-4-1)32-29-15-7-8-16-30(29)38-34(39-32)26-17-19-28(20-18-26)36-40-33(25-12-5-2-6-13-25)31-22-21-27-14-9-23-37-35(27)41(31)36/h1-23H. The van der Waals surface area contributed by atoms with Gasteiger partial charge in [0.2, 0.25) is 0 Å². The highest BCUT2D eigenvalue weighted by atomic mass is 15.1. The summed E-state index contributed by atoms with van der Waals surface area (Å²) in [6, 6.07) is 45.4. The lowest BCUT2D eigenvalue weighted by Gasteiger charge is -2.10. The van der Waals surface area contributed by atoms with Crippen molar-refractivity contribution in [1.29, 1.82) is 0 Å². The van der Waals surface area contributed by atoms with Gasteiger partial charge in [-0.2, -0.15) is 0 Å². The highest BCUT2D eigenvalue weighted by Gasteiger charge is 2.18. The second kappa shape index (κ2) is 9.50. The number of benzene rings is 4. The van der Waals surface area contributed by atoms with Crippen LogP contribution in [-0.2, 0) is 0 Å². The predicted octanol–water partition coefficient (Wildman–Crippen LogP) is 8.49. The van der Waals surface area contributed by atoms with E-state index in [0.717, 1.165) is 66.9 Å². The predicted molar refractivity (Wildman–Crippen MR) is 165 cm³/mol. The molecular formula is C36H23N5. The Kier molecular flexibility index (Phi) is 5.38. The average molecular weight is 526 g/mol. The van der Waals surface area contributed by atoms with E-state index in [2.05, 4.69) is 77.2 Å². The molecule has 192 valence electrons. The first kappa shape index (κ1) is 23.2. The minimum Gasteiger partial charge on any atom is -0.276 e. The summed E-state index contributed by atoms with van der Waals surface area (Å²) in [5, 5.41) is 2.10. The normalized spacial score (nSPS) is 11.4. The molecular weight excluding hydrogens is 502 g/mol. The Balaban J connectivity index is 1.29. The van der Waals surface area contributed by atoms with Gasteiger partial charge in [-0.15, -0.1) is 0 Å². The minimum absolute atomic E-state index is 0.694. The fraction of sp³-hybridized carbons (Fsp3) is 0. The molecule has 0 fully saturated rings. The van der Waals surface area contributed by atoms with Crippen molar-refractivity contribution in [3.8, 4) is 45.3 Å². The van der Waals surface area contributed by atoms with Crippen molar-refractivity contribution in [3.05, 3.63) is 140 Å². The lowest BCUT2D eigenvalue weighted by atomic mass is 10.1. The number of fused-ring (bicyclic) bond motifs is 4.